The Bertz CT molecular complexity index is 598. The third-order valence-corrected chi connectivity index (χ3v) is 2.87. The Kier molecular flexibility index (Phi) is 5.99. The first-order valence-electron chi connectivity index (χ1n) is 5.63. The van der Waals surface area contributed by atoms with Crippen molar-refractivity contribution in [1.29, 1.82) is 5.26 Å². The van der Waals surface area contributed by atoms with Crippen LogP contribution in [0.15, 0.2) is 17.0 Å². The highest BCUT2D eigenvalue weighted by Crippen LogP contribution is 2.43. The van der Waals surface area contributed by atoms with E-state index in [0.29, 0.717) is 6.07 Å². The first-order valence-corrected chi connectivity index (χ1v) is 6.45. The van der Waals surface area contributed by atoms with E-state index in [1.807, 2.05) is 0 Å². The van der Waals surface area contributed by atoms with Crippen LogP contribution in [0.3, 0.4) is 0 Å². The van der Waals surface area contributed by atoms with Gasteiger partial charge in [0.2, 0.25) is 0 Å². The Morgan fingerprint density at radius 2 is 2.05 bits per heavy atom. The van der Waals surface area contributed by atoms with Crippen molar-refractivity contribution in [3.63, 3.8) is 0 Å². The molecule has 0 fully saturated rings. The molecule has 0 amide bonds. The summed E-state index contributed by atoms with van der Waals surface area (Å²) in [5.41, 5.74) is -5.82. The topological polar surface area (TPSA) is 59.3 Å². The van der Waals surface area contributed by atoms with Crippen LogP contribution < -0.4 is 4.74 Å². The second-order valence-electron chi connectivity index (χ2n) is 3.61. The van der Waals surface area contributed by atoms with Gasteiger partial charge in [-0.05, 0) is 30.8 Å². The highest BCUT2D eigenvalue weighted by molar-refractivity contribution is 8.00. The number of rotatable bonds is 5. The summed E-state index contributed by atoms with van der Waals surface area (Å²) in [5, 5.41) is 8.87. The molecule has 0 unspecified atom stereocenters. The van der Waals surface area contributed by atoms with E-state index in [1.165, 1.54) is 13.0 Å². The Morgan fingerprint density at radius 1 is 1.41 bits per heavy atom. The van der Waals surface area contributed by atoms with Crippen LogP contribution in [0.5, 0.6) is 5.75 Å². The van der Waals surface area contributed by atoms with Gasteiger partial charge in [-0.25, -0.2) is 4.79 Å². The van der Waals surface area contributed by atoms with Gasteiger partial charge < -0.3 is 9.47 Å². The molecule has 0 N–H and O–H groups in total. The fraction of sp³-hybridized carbons (Fsp3) is 0.333. The summed E-state index contributed by atoms with van der Waals surface area (Å²) < 4.78 is 70.7. The molecule has 0 aliphatic rings. The van der Waals surface area contributed by atoms with Crippen molar-refractivity contribution in [2.24, 2.45) is 0 Å². The summed E-state index contributed by atoms with van der Waals surface area (Å²) in [6, 6.07) is 2.94. The van der Waals surface area contributed by atoms with Crippen molar-refractivity contribution in [2.75, 3.05) is 6.61 Å². The number of carbonyl (C=O) groups is 1. The molecule has 0 saturated heterocycles. The fourth-order valence-corrected chi connectivity index (χ4v) is 2.11. The van der Waals surface area contributed by atoms with Gasteiger partial charge in [0.05, 0.1) is 22.6 Å². The molecule has 1 aromatic rings. The lowest BCUT2D eigenvalue weighted by molar-refractivity contribution is -0.0529. The maximum atomic E-state index is 12.5. The van der Waals surface area contributed by atoms with E-state index < -0.39 is 46.1 Å². The predicted octanol–water partition coefficient (Wildman–Crippen LogP) is 3.95. The SMILES string of the molecule is CCOC(=O)c1cc(C#N)c(OC(F)F)c(SC(F)(F)F)c1. The lowest BCUT2D eigenvalue weighted by atomic mass is 10.1. The monoisotopic (exact) mass is 341 g/mol. The number of ether oxygens (including phenoxy) is 2. The van der Waals surface area contributed by atoms with Gasteiger partial charge in [-0.3, -0.25) is 0 Å². The minimum atomic E-state index is -4.82. The average molecular weight is 341 g/mol. The van der Waals surface area contributed by atoms with Crippen molar-refractivity contribution < 1.29 is 36.2 Å². The average Bonchev–Trinajstić information content (AvgIpc) is 2.38. The van der Waals surface area contributed by atoms with Crippen LogP contribution in [0.1, 0.15) is 22.8 Å². The van der Waals surface area contributed by atoms with E-state index in [9.17, 15) is 26.7 Å². The maximum Gasteiger partial charge on any atom is 0.446 e. The molecule has 0 aliphatic carbocycles. The van der Waals surface area contributed by atoms with Crippen molar-refractivity contribution in [2.45, 2.75) is 23.9 Å². The molecule has 10 heteroatoms. The Balaban J connectivity index is 3.41. The number of carbonyl (C=O) groups excluding carboxylic acids is 1. The Labute approximate surface area is 125 Å². The number of nitriles is 1. The molecule has 1 rings (SSSR count). The summed E-state index contributed by atoms with van der Waals surface area (Å²) in [5.74, 6) is -1.92. The van der Waals surface area contributed by atoms with E-state index in [4.69, 9.17) is 5.26 Å². The van der Waals surface area contributed by atoms with Gasteiger partial charge in [-0.2, -0.15) is 27.2 Å². The first kappa shape index (κ1) is 18.0. The third-order valence-electron chi connectivity index (χ3n) is 2.12. The molecular formula is C12H8F5NO3S. The minimum absolute atomic E-state index is 0.0439. The molecule has 1 aromatic carbocycles. The molecule has 0 heterocycles. The zero-order valence-corrected chi connectivity index (χ0v) is 11.7. The van der Waals surface area contributed by atoms with Crippen molar-refractivity contribution in [3.8, 4) is 11.8 Å². The quantitative estimate of drug-likeness (QED) is 0.461. The Hall–Kier alpha value is -2.02. The summed E-state index contributed by atoms with van der Waals surface area (Å²) in [4.78, 5) is 10.7. The smallest absolute Gasteiger partial charge is 0.446 e. The predicted molar refractivity (Wildman–Crippen MR) is 65.7 cm³/mol. The van der Waals surface area contributed by atoms with Crippen LogP contribution in [-0.4, -0.2) is 24.7 Å². The number of halogens is 5. The number of benzene rings is 1. The van der Waals surface area contributed by atoms with Crippen LogP contribution in [-0.2, 0) is 4.74 Å². The number of hydrogen-bond donors (Lipinski definition) is 0. The third kappa shape index (κ3) is 5.07. The molecule has 22 heavy (non-hydrogen) atoms. The van der Waals surface area contributed by atoms with Crippen molar-refractivity contribution in [1.82, 2.24) is 0 Å². The molecule has 0 spiro atoms. The highest BCUT2D eigenvalue weighted by Gasteiger charge is 2.33. The number of hydrogen-bond acceptors (Lipinski definition) is 5. The van der Waals surface area contributed by atoms with Crippen LogP contribution in [0, 0.1) is 11.3 Å². The second kappa shape index (κ2) is 7.31. The lowest BCUT2D eigenvalue weighted by Crippen LogP contribution is -2.10. The summed E-state index contributed by atoms with van der Waals surface area (Å²) in [7, 11) is 0. The normalized spacial score (nSPS) is 11.2. The van der Waals surface area contributed by atoms with Crippen LogP contribution >= 0.6 is 11.8 Å². The van der Waals surface area contributed by atoms with Gasteiger partial charge in [0.1, 0.15) is 6.07 Å². The number of alkyl halides is 5. The summed E-state index contributed by atoms with van der Waals surface area (Å²) in [6.45, 7) is -1.99. The fourth-order valence-electron chi connectivity index (χ4n) is 1.43. The number of esters is 1. The van der Waals surface area contributed by atoms with Crippen molar-refractivity contribution in [3.05, 3.63) is 23.3 Å². The van der Waals surface area contributed by atoms with Gasteiger partial charge in [0, 0.05) is 0 Å². The van der Waals surface area contributed by atoms with Gasteiger partial charge in [-0.1, -0.05) is 0 Å². The van der Waals surface area contributed by atoms with Gasteiger partial charge in [-0.15, -0.1) is 0 Å². The van der Waals surface area contributed by atoms with E-state index in [1.54, 1.807) is 0 Å². The molecule has 0 aromatic heterocycles. The number of thioether (sulfide) groups is 1. The van der Waals surface area contributed by atoms with E-state index >= 15 is 0 Å². The standard InChI is InChI=1S/C12H8F5NO3S/c1-2-20-10(19)6-3-7(5-18)9(21-11(13)14)8(4-6)22-12(15,16)17/h3-4,11H,2H2,1H3. The molecule has 4 nitrogen and oxygen atoms in total. The zero-order valence-electron chi connectivity index (χ0n) is 10.9. The van der Waals surface area contributed by atoms with Gasteiger partial charge in [0.15, 0.2) is 5.75 Å². The maximum absolute atomic E-state index is 12.5. The van der Waals surface area contributed by atoms with Gasteiger partial charge in [0.25, 0.3) is 0 Å². The molecule has 0 radical (unpaired) electrons. The van der Waals surface area contributed by atoms with Gasteiger partial charge >= 0.3 is 18.1 Å². The second-order valence-corrected chi connectivity index (χ2v) is 4.72. The van der Waals surface area contributed by atoms with E-state index in [0.717, 1.165) is 6.07 Å². The van der Waals surface area contributed by atoms with E-state index in [-0.39, 0.29) is 12.2 Å². The molecule has 0 atom stereocenters. The largest absolute Gasteiger partial charge is 0.462 e. The summed E-state index contributed by atoms with van der Waals surface area (Å²) >= 11 is -0.769. The molecule has 120 valence electrons. The Morgan fingerprint density at radius 3 is 2.50 bits per heavy atom. The lowest BCUT2D eigenvalue weighted by Gasteiger charge is -2.14. The van der Waals surface area contributed by atoms with Crippen LogP contribution in [0.2, 0.25) is 0 Å². The first-order chi connectivity index (χ1) is 10.2. The number of nitrogens with zero attached hydrogens (tertiary/aromatic N) is 1. The molecule has 0 aliphatic heterocycles. The molecule has 0 bridgehead atoms. The van der Waals surface area contributed by atoms with Crippen LogP contribution in [0.4, 0.5) is 22.0 Å². The molecule has 0 saturated carbocycles. The van der Waals surface area contributed by atoms with Crippen LogP contribution in [0.25, 0.3) is 0 Å². The summed E-state index contributed by atoms with van der Waals surface area (Å²) in [6.07, 6.45) is 0. The van der Waals surface area contributed by atoms with E-state index in [2.05, 4.69) is 9.47 Å². The molecular weight excluding hydrogens is 333 g/mol. The van der Waals surface area contributed by atoms with Crippen molar-refractivity contribution >= 4 is 17.7 Å². The minimum Gasteiger partial charge on any atom is -0.462 e. The zero-order chi connectivity index (χ0) is 16.9. The highest BCUT2D eigenvalue weighted by atomic mass is 32.2.